The van der Waals surface area contributed by atoms with Gasteiger partial charge in [-0.25, -0.2) is 0 Å². The average Bonchev–Trinajstić information content (AvgIpc) is 2.75. The van der Waals surface area contributed by atoms with Crippen LogP contribution in [0.1, 0.15) is 38.5 Å². The first-order chi connectivity index (χ1) is 7.43. The smallest absolute Gasteiger partial charge is 0.0588 e. The summed E-state index contributed by atoms with van der Waals surface area (Å²) in [5, 5.41) is 3.50. The predicted octanol–water partition coefficient (Wildman–Crippen LogP) is 2.68. The van der Waals surface area contributed by atoms with Crippen molar-refractivity contribution in [3.05, 3.63) is 0 Å². The molecule has 1 unspecified atom stereocenters. The third-order valence-electron chi connectivity index (χ3n) is 2.87. The third-order valence-corrected chi connectivity index (χ3v) is 3.57. The highest BCUT2D eigenvalue weighted by Gasteiger charge is 2.13. The molecule has 1 fully saturated rings. The number of ether oxygens (including phenoxy) is 1. The Morgan fingerprint density at radius 1 is 1.27 bits per heavy atom. The summed E-state index contributed by atoms with van der Waals surface area (Å²) in [5.41, 5.74) is 0. The molecule has 90 valence electrons. The normalized spacial score (nSPS) is 21.0. The molecule has 1 aliphatic rings. The van der Waals surface area contributed by atoms with Crippen LogP contribution in [-0.2, 0) is 4.74 Å². The Balaban J connectivity index is 1.73. The van der Waals surface area contributed by atoms with Gasteiger partial charge in [-0.1, -0.05) is 6.42 Å². The maximum Gasteiger partial charge on any atom is 0.0588 e. The van der Waals surface area contributed by atoms with Crippen molar-refractivity contribution in [3.8, 4) is 0 Å². The maximum absolute atomic E-state index is 5.57. The monoisotopic (exact) mass is 231 g/mol. The zero-order valence-corrected chi connectivity index (χ0v) is 10.8. The van der Waals surface area contributed by atoms with E-state index in [2.05, 4.69) is 11.6 Å². The zero-order chi connectivity index (χ0) is 10.8. The number of thioether (sulfide) groups is 1. The molecule has 1 N–H and O–H groups in total. The average molecular weight is 231 g/mol. The van der Waals surface area contributed by atoms with E-state index >= 15 is 0 Å². The summed E-state index contributed by atoms with van der Waals surface area (Å²) in [6.45, 7) is 3.30. The van der Waals surface area contributed by atoms with Gasteiger partial charge in [-0.2, -0.15) is 11.8 Å². The highest BCUT2D eigenvalue weighted by atomic mass is 32.2. The van der Waals surface area contributed by atoms with Crippen molar-refractivity contribution in [2.24, 2.45) is 0 Å². The van der Waals surface area contributed by atoms with Gasteiger partial charge in [-0.05, 0) is 57.2 Å². The Morgan fingerprint density at radius 2 is 2.20 bits per heavy atom. The molecule has 1 atom stereocenters. The van der Waals surface area contributed by atoms with E-state index < -0.39 is 0 Å². The van der Waals surface area contributed by atoms with Gasteiger partial charge < -0.3 is 10.1 Å². The zero-order valence-electron chi connectivity index (χ0n) is 9.96. The molecule has 1 rings (SSSR count). The fourth-order valence-electron chi connectivity index (χ4n) is 1.93. The second-order valence-corrected chi connectivity index (χ2v) is 5.21. The summed E-state index contributed by atoms with van der Waals surface area (Å²) < 4.78 is 5.57. The first kappa shape index (κ1) is 13.3. The molecule has 1 aliphatic heterocycles. The van der Waals surface area contributed by atoms with E-state index in [9.17, 15) is 0 Å². The first-order valence-corrected chi connectivity index (χ1v) is 7.64. The minimum Gasteiger partial charge on any atom is -0.378 e. The lowest BCUT2D eigenvalue weighted by Gasteiger charge is -2.09. The van der Waals surface area contributed by atoms with Crippen LogP contribution in [0.2, 0.25) is 0 Å². The van der Waals surface area contributed by atoms with E-state index in [-0.39, 0.29) is 0 Å². The summed E-state index contributed by atoms with van der Waals surface area (Å²) in [4.78, 5) is 0. The number of hydrogen-bond donors (Lipinski definition) is 1. The Hall–Kier alpha value is 0.270. The molecule has 0 spiro atoms. The molecule has 3 heteroatoms. The fourth-order valence-corrected chi connectivity index (χ4v) is 2.43. The second kappa shape index (κ2) is 9.49. The molecule has 0 aromatic heterocycles. The molecule has 15 heavy (non-hydrogen) atoms. The molecule has 0 aromatic carbocycles. The minimum absolute atomic E-state index is 0.550. The molecular formula is C12H25NOS. The molecular weight excluding hydrogens is 206 g/mol. The lowest BCUT2D eigenvalue weighted by atomic mass is 10.2. The molecule has 2 nitrogen and oxygen atoms in total. The molecule has 0 aliphatic carbocycles. The van der Waals surface area contributed by atoms with Gasteiger partial charge in [0.15, 0.2) is 0 Å². The van der Waals surface area contributed by atoms with Gasteiger partial charge in [0.05, 0.1) is 6.10 Å². The molecule has 0 saturated carbocycles. The summed E-state index contributed by atoms with van der Waals surface area (Å²) in [5.74, 6) is 1.32. The Labute approximate surface area is 98.5 Å². The highest BCUT2D eigenvalue weighted by Crippen LogP contribution is 2.14. The largest absolute Gasteiger partial charge is 0.378 e. The fraction of sp³-hybridized carbons (Fsp3) is 1.00. The number of rotatable bonds is 9. The van der Waals surface area contributed by atoms with Crippen LogP contribution < -0.4 is 5.32 Å². The van der Waals surface area contributed by atoms with Crippen molar-refractivity contribution < 1.29 is 4.74 Å². The molecule has 0 amide bonds. The number of hydrogen-bond acceptors (Lipinski definition) is 3. The number of unbranched alkanes of at least 4 members (excludes halogenated alkanes) is 2. The molecule has 1 heterocycles. The summed E-state index contributed by atoms with van der Waals surface area (Å²) in [7, 11) is 0. The third kappa shape index (κ3) is 7.20. The maximum atomic E-state index is 5.57. The van der Waals surface area contributed by atoms with E-state index in [1.54, 1.807) is 0 Å². The van der Waals surface area contributed by atoms with E-state index in [1.165, 1.54) is 50.8 Å². The second-order valence-electron chi connectivity index (χ2n) is 4.23. The van der Waals surface area contributed by atoms with Gasteiger partial charge in [-0.3, -0.25) is 0 Å². The van der Waals surface area contributed by atoms with Crippen LogP contribution >= 0.6 is 11.8 Å². The topological polar surface area (TPSA) is 21.3 Å². The van der Waals surface area contributed by atoms with E-state index in [0.717, 1.165) is 13.2 Å². The molecule has 0 bridgehead atoms. The van der Waals surface area contributed by atoms with Crippen LogP contribution in [0.15, 0.2) is 0 Å². The van der Waals surface area contributed by atoms with Crippen molar-refractivity contribution in [1.29, 1.82) is 0 Å². The standard InChI is InChI=1S/C12H25NOS/c1-15-11-4-2-3-8-13-9-7-12-6-5-10-14-12/h12-13H,2-11H2,1H3. The lowest BCUT2D eigenvalue weighted by Crippen LogP contribution is -2.21. The molecule has 0 radical (unpaired) electrons. The van der Waals surface area contributed by atoms with E-state index in [1.807, 2.05) is 11.8 Å². The first-order valence-electron chi connectivity index (χ1n) is 6.24. The van der Waals surface area contributed by atoms with Gasteiger partial charge in [0, 0.05) is 6.61 Å². The minimum atomic E-state index is 0.550. The van der Waals surface area contributed by atoms with Crippen molar-refractivity contribution in [2.45, 2.75) is 44.6 Å². The van der Waals surface area contributed by atoms with Crippen LogP contribution in [0.3, 0.4) is 0 Å². The number of nitrogens with one attached hydrogen (secondary N) is 1. The quantitative estimate of drug-likeness (QED) is 0.617. The molecule has 1 saturated heterocycles. The SMILES string of the molecule is CSCCCCCNCCC1CCCO1. The van der Waals surface area contributed by atoms with Crippen LogP contribution in [0, 0.1) is 0 Å². The highest BCUT2D eigenvalue weighted by molar-refractivity contribution is 7.98. The van der Waals surface area contributed by atoms with Gasteiger partial charge in [0.1, 0.15) is 0 Å². The Bertz CT molecular complexity index is 138. The molecule has 0 aromatic rings. The van der Waals surface area contributed by atoms with Gasteiger partial charge in [0.2, 0.25) is 0 Å². The van der Waals surface area contributed by atoms with Gasteiger partial charge in [0.25, 0.3) is 0 Å². The van der Waals surface area contributed by atoms with E-state index in [4.69, 9.17) is 4.74 Å². The summed E-state index contributed by atoms with van der Waals surface area (Å²) in [6.07, 6.45) is 10.5. The van der Waals surface area contributed by atoms with Crippen LogP contribution in [0.5, 0.6) is 0 Å². The van der Waals surface area contributed by atoms with Gasteiger partial charge >= 0.3 is 0 Å². The van der Waals surface area contributed by atoms with Crippen molar-refractivity contribution in [2.75, 3.05) is 31.7 Å². The van der Waals surface area contributed by atoms with Crippen molar-refractivity contribution in [3.63, 3.8) is 0 Å². The predicted molar refractivity (Wildman–Crippen MR) is 68.7 cm³/mol. The Kier molecular flexibility index (Phi) is 8.44. The van der Waals surface area contributed by atoms with Crippen molar-refractivity contribution in [1.82, 2.24) is 5.32 Å². The van der Waals surface area contributed by atoms with Crippen LogP contribution in [0.25, 0.3) is 0 Å². The van der Waals surface area contributed by atoms with Crippen LogP contribution in [0.4, 0.5) is 0 Å². The van der Waals surface area contributed by atoms with Crippen molar-refractivity contribution >= 4 is 11.8 Å². The summed E-state index contributed by atoms with van der Waals surface area (Å²) >= 11 is 1.95. The Morgan fingerprint density at radius 3 is 2.93 bits per heavy atom. The lowest BCUT2D eigenvalue weighted by molar-refractivity contribution is 0.104. The van der Waals surface area contributed by atoms with Crippen LogP contribution in [-0.4, -0.2) is 37.8 Å². The summed E-state index contributed by atoms with van der Waals surface area (Å²) in [6, 6.07) is 0. The van der Waals surface area contributed by atoms with Gasteiger partial charge in [-0.15, -0.1) is 0 Å². The van der Waals surface area contributed by atoms with E-state index in [0.29, 0.717) is 6.10 Å².